The van der Waals surface area contributed by atoms with Crippen LogP contribution >= 0.6 is 12.4 Å². The van der Waals surface area contributed by atoms with Crippen LogP contribution in [0.2, 0.25) is 0 Å². The largest absolute Gasteiger partial charge is 0.480 e. The molecular weight excluding hydrogens is 402 g/mol. The van der Waals surface area contributed by atoms with E-state index in [2.05, 4.69) is 22.3 Å². The Morgan fingerprint density at radius 3 is 2.20 bits per heavy atom. The molecule has 1 amide bonds. The molecule has 1 aliphatic rings. The van der Waals surface area contributed by atoms with E-state index in [1.54, 1.807) is 0 Å². The van der Waals surface area contributed by atoms with E-state index >= 15 is 0 Å². The van der Waals surface area contributed by atoms with Gasteiger partial charge in [-0.1, -0.05) is 49.4 Å². The van der Waals surface area contributed by atoms with Gasteiger partial charge in [-0.05, 0) is 42.6 Å². The average Bonchev–Trinajstić information content (AvgIpc) is 2.73. The van der Waals surface area contributed by atoms with Crippen LogP contribution in [0, 0.1) is 0 Å². The molecule has 1 heterocycles. The summed E-state index contributed by atoms with van der Waals surface area (Å²) in [4.78, 5) is 27.5. The molecule has 6 nitrogen and oxygen atoms in total. The summed E-state index contributed by atoms with van der Waals surface area (Å²) in [6, 6.07) is 18.3. The van der Waals surface area contributed by atoms with Crippen LogP contribution in [-0.4, -0.2) is 65.5 Å². The van der Waals surface area contributed by atoms with Crippen molar-refractivity contribution >= 4 is 30.0 Å². The minimum Gasteiger partial charge on any atom is -0.480 e. The highest BCUT2D eigenvalue weighted by Gasteiger charge is 2.25. The van der Waals surface area contributed by atoms with Crippen molar-refractivity contribution in [3.8, 4) is 11.1 Å². The molecule has 162 valence electrons. The normalized spacial score (nSPS) is 14.9. The predicted octanol–water partition coefficient (Wildman–Crippen LogP) is 3.58. The lowest BCUT2D eigenvalue weighted by atomic mass is 10.0. The third-order valence-corrected chi connectivity index (χ3v) is 5.46. The molecule has 2 aromatic carbocycles. The van der Waals surface area contributed by atoms with Gasteiger partial charge in [0, 0.05) is 24.8 Å². The van der Waals surface area contributed by atoms with Crippen molar-refractivity contribution in [1.29, 1.82) is 0 Å². The van der Waals surface area contributed by atoms with Crippen LogP contribution in [0.1, 0.15) is 19.8 Å². The lowest BCUT2D eigenvalue weighted by Crippen LogP contribution is -2.48. The number of rotatable bonds is 8. The number of piperidine rings is 1. The van der Waals surface area contributed by atoms with Crippen molar-refractivity contribution in [3.63, 3.8) is 0 Å². The molecule has 0 spiro atoms. The number of carbonyl (C=O) groups excluding carboxylic acids is 1. The van der Waals surface area contributed by atoms with Crippen LogP contribution < -0.4 is 5.32 Å². The fraction of sp³-hybridized carbons (Fsp3) is 0.391. The highest BCUT2D eigenvalue weighted by atomic mass is 35.5. The third-order valence-electron chi connectivity index (χ3n) is 5.46. The first-order valence-corrected chi connectivity index (χ1v) is 10.2. The standard InChI is InChI=1S/C23H29N3O3.ClH/c1-2-26(17-23(28)29)21-12-14-25(15-13-21)16-22(27)24-20-10-8-19(9-11-20)18-6-4-3-5-7-18;/h3-11,21H,2,12-17H2,1H3,(H,24,27)(H,28,29);1H. The monoisotopic (exact) mass is 431 g/mol. The molecule has 0 aliphatic carbocycles. The van der Waals surface area contributed by atoms with Gasteiger partial charge in [0.15, 0.2) is 0 Å². The molecule has 30 heavy (non-hydrogen) atoms. The molecule has 7 heteroatoms. The van der Waals surface area contributed by atoms with Crippen molar-refractivity contribution < 1.29 is 14.7 Å². The second-order valence-corrected chi connectivity index (χ2v) is 7.46. The maximum Gasteiger partial charge on any atom is 0.317 e. The zero-order valence-corrected chi connectivity index (χ0v) is 18.1. The van der Waals surface area contributed by atoms with Crippen LogP contribution in [-0.2, 0) is 9.59 Å². The van der Waals surface area contributed by atoms with Crippen LogP contribution in [0.15, 0.2) is 54.6 Å². The predicted molar refractivity (Wildman–Crippen MR) is 122 cm³/mol. The van der Waals surface area contributed by atoms with Gasteiger partial charge in [-0.2, -0.15) is 0 Å². The molecule has 0 bridgehead atoms. The van der Waals surface area contributed by atoms with Gasteiger partial charge in [0.05, 0.1) is 13.1 Å². The molecule has 0 unspecified atom stereocenters. The maximum absolute atomic E-state index is 12.4. The molecular formula is C23H30ClN3O3. The summed E-state index contributed by atoms with van der Waals surface area (Å²) in [5, 5.41) is 12.0. The first-order chi connectivity index (χ1) is 14.0. The average molecular weight is 432 g/mol. The Morgan fingerprint density at radius 2 is 1.63 bits per heavy atom. The van der Waals surface area contributed by atoms with Crippen molar-refractivity contribution in [2.24, 2.45) is 0 Å². The Hall–Kier alpha value is -2.41. The van der Waals surface area contributed by atoms with Gasteiger partial charge in [-0.25, -0.2) is 0 Å². The van der Waals surface area contributed by atoms with Crippen molar-refractivity contribution in [1.82, 2.24) is 9.80 Å². The van der Waals surface area contributed by atoms with Gasteiger partial charge in [0.2, 0.25) is 5.91 Å². The molecule has 2 aromatic rings. The number of carboxylic acids is 1. The van der Waals surface area contributed by atoms with E-state index in [1.165, 1.54) is 0 Å². The van der Waals surface area contributed by atoms with E-state index in [-0.39, 0.29) is 30.9 Å². The van der Waals surface area contributed by atoms with Gasteiger partial charge in [-0.3, -0.25) is 19.4 Å². The number of benzene rings is 2. The second-order valence-electron chi connectivity index (χ2n) is 7.46. The smallest absolute Gasteiger partial charge is 0.317 e. The molecule has 2 N–H and O–H groups in total. The number of likely N-dealkylation sites (tertiary alicyclic amines) is 1. The first kappa shape index (κ1) is 23.9. The van der Waals surface area contributed by atoms with Gasteiger partial charge in [0.25, 0.3) is 0 Å². The number of amides is 1. The van der Waals surface area contributed by atoms with Gasteiger partial charge < -0.3 is 10.4 Å². The highest BCUT2D eigenvalue weighted by molar-refractivity contribution is 5.92. The van der Waals surface area contributed by atoms with Crippen LogP contribution in [0.25, 0.3) is 11.1 Å². The van der Waals surface area contributed by atoms with Crippen LogP contribution in [0.5, 0.6) is 0 Å². The zero-order chi connectivity index (χ0) is 20.6. The summed E-state index contributed by atoms with van der Waals surface area (Å²) in [6.07, 6.45) is 1.78. The van der Waals surface area contributed by atoms with Crippen molar-refractivity contribution in [2.45, 2.75) is 25.8 Å². The summed E-state index contributed by atoms with van der Waals surface area (Å²) >= 11 is 0. The molecule has 3 rings (SSSR count). The molecule has 1 saturated heterocycles. The number of carboxylic acid groups (broad SMARTS) is 1. The number of nitrogens with one attached hydrogen (secondary N) is 1. The van der Waals surface area contributed by atoms with Gasteiger partial charge in [0.1, 0.15) is 0 Å². The minimum atomic E-state index is -0.785. The number of hydrogen-bond acceptors (Lipinski definition) is 4. The van der Waals surface area contributed by atoms with E-state index < -0.39 is 5.97 Å². The van der Waals surface area contributed by atoms with Crippen molar-refractivity contribution in [3.05, 3.63) is 54.6 Å². The zero-order valence-electron chi connectivity index (χ0n) is 17.3. The molecule has 1 aliphatic heterocycles. The van der Waals surface area contributed by atoms with E-state index in [9.17, 15) is 9.59 Å². The highest BCUT2D eigenvalue weighted by Crippen LogP contribution is 2.21. The fourth-order valence-corrected chi connectivity index (χ4v) is 3.90. The Kier molecular flexibility index (Phi) is 9.30. The number of carbonyl (C=O) groups is 2. The maximum atomic E-state index is 12.4. The molecule has 0 aromatic heterocycles. The van der Waals surface area contributed by atoms with E-state index in [0.717, 1.165) is 49.3 Å². The number of hydrogen-bond donors (Lipinski definition) is 2. The Balaban J connectivity index is 0.00000320. The molecule has 0 atom stereocenters. The fourth-order valence-electron chi connectivity index (χ4n) is 3.90. The number of anilines is 1. The molecule has 0 radical (unpaired) electrons. The Labute approximate surface area is 184 Å². The third kappa shape index (κ3) is 6.83. The first-order valence-electron chi connectivity index (χ1n) is 10.2. The van der Waals surface area contributed by atoms with Crippen LogP contribution in [0.4, 0.5) is 5.69 Å². The lowest BCUT2D eigenvalue weighted by molar-refractivity contribution is -0.139. The summed E-state index contributed by atoms with van der Waals surface area (Å²) in [5.74, 6) is -0.805. The molecule has 0 saturated carbocycles. The number of nitrogens with zero attached hydrogens (tertiary/aromatic N) is 2. The van der Waals surface area contributed by atoms with Gasteiger partial charge in [-0.15, -0.1) is 12.4 Å². The van der Waals surface area contributed by atoms with Crippen LogP contribution in [0.3, 0.4) is 0 Å². The quantitative estimate of drug-likeness (QED) is 0.668. The minimum absolute atomic E-state index is 0. The number of halogens is 1. The SMILES string of the molecule is CCN(CC(=O)O)C1CCN(CC(=O)Nc2ccc(-c3ccccc3)cc2)CC1.Cl. The molecule has 1 fully saturated rings. The topological polar surface area (TPSA) is 72.9 Å². The van der Waals surface area contributed by atoms with E-state index in [4.69, 9.17) is 5.11 Å². The Bertz CT molecular complexity index is 806. The van der Waals surface area contributed by atoms with Gasteiger partial charge >= 0.3 is 5.97 Å². The van der Waals surface area contributed by atoms with E-state index in [0.29, 0.717) is 6.54 Å². The number of aliphatic carboxylic acids is 1. The number of likely N-dealkylation sites (N-methyl/N-ethyl adjacent to an activating group) is 1. The summed E-state index contributed by atoms with van der Waals surface area (Å²) in [7, 11) is 0. The summed E-state index contributed by atoms with van der Waals surface area (Å²) in [5.41, 5.74) is 3.06. The Morgan fingerprint density at radius 1 is 1.03 bits per heavy atom. The van der Waals surface area contributed by atoms with E-state index in [1.807, 2.05) is 54.3 Å². The summed E-state index contributed by atoms with van der Waals surface area (Å²) in [6.45, 7) is 4.78. The van der Waals surface area contributed by atoms with Crippen molar-refractivity contribution in [2.75, 3.05) is 38.0 Å². The second kappa shape index (κ2) is 11.7. The lowest BCUT2D eigenvalue weighted by Gasteiger charge is -2.37. The summed E-state index contributed by atoms with van der Waals surface area (Å²) < 4.78 is 0.